The molecule has 0 saturated heterocycles. The van der Waals surface area contributed by atoms with Crippen LogP contribution in [0.3, 0.4) is 0 Å². The molecule has 0 N–H and O–H groups in total. The normalized spacial score (nSPS) is 10.4. The van der Waals surface area contributed by atoms with Crippen molar-refractivity contribution in [1.82, 2.24) is 0 Å². The molecule has 0 aromatic carbocycles. The van der Waals surface area contributed by atoms with Crippen LogP contribution in [0.25, 0.3) is 0 Å². The molecule has 0 saturated carbocycles. The lowest BCUT2D eigenvalue weighted by Crippen LogP contribution is -2.24. The molecule has 0 rings (SSSR count). The first-order chi connectivity index (χ1) is 12.9. The van der Waals surface area contributed by atoms with Crippen LogP contribution < -0.4 is 0 Å². The zero-order chi connectivity index (χ0) is 22.0. The monoisotopic (exact) mass is 406 g/mol. The molecule has 0 aliphatic rings. The van der Waals surface area contributed by atoms with Gasteiger partial charge in [0.1, 0.15) is 24.6 Å². The fourth-order valence-corrected chi connectivity index (χ4v) is 1.46. The van der Waals surface area contributed by atoms with Crippen molar-refractivity contribution in [2.24, 2.45) is 0 Å². The van der Waals surface area contributed by atoms with Gasteiger partial charge in [0.15, 0.2) is 0 Å². The third-order valence-electron chi connectivity index (χ3n) is 2.53. The predicted octanol–water partition coefficient (Wildman–Crippen LogP) is 1.84. The second kappa shape index (κ2) is 17.1. The molecular formula is C19H34O9. The molecular weight excluding hydrogens is 372 g/mol. The van der Waals surface area contributed by atoms with Crippen LogP contribution >= 0.6 is 0 Å². The second-order valence-electron chi connectivity index (χ2n) is 6.69. The Morgan fingerprint density at radius 1 is 0.643 bits per heavy atom. The summed E-state index contributed by atoms with van der Waals surface area (Å²) in [5.74, 6) is -0.844. The van der Waals surface area contributed by atoms with Gasteiger partial charge in [-0.15, -0.1) is 0 Å². The topological polar surface area (TPSA) is 114 Å². The smallest absolute Gasteiger partial charge is 0.308 e. The number of Topliss-reactive ketones (excluding diaryl/α,β-unsaturated/α-hetero) is 1. The van der Waals surface area contributed by atoms with Crippen molar-refractivity contribution in [3.05, 3.63) is 0 Å². The molecule has 0 heterocycles. The van der Waals surface area contributed by atoms with Crippen molar-refractivity contribution in [1.29, 1.82) is 0 Å². The first-order valence-electron chi connectivity index (χ1n) is 9.07. The summed E-state index contributed by atoms with van der Waals surface area (Å²) in [6.07, 6.45) is 0.622. The van der Waals surface area contributed by atoms with Gasteiger partial charge >= 0.3 is 17.9 Å². The van der Waals surface area contributed by atoms with Crippen LogP contribution in [0.1, 0.15) is 54.4 Å². The Morgan fingerprint density at radius 2 is 1.07 bits per heavy atom. The van der Waals surface area contributed by atoms with Crippen LogP contribution in [0.5, 0.6) is 0 Å². The molecule has 0 atom stereocenters. The van der Waals surface area contributed by atoms with E-state index in [0.717, 1.165) is 0 Å². The third kappa shape index (κ3) is 28.8. The Balaban J connectivity index is 0. The molecule has 0 aliphatic heterocycles. The minimum Gasteiger partial charge on any atom is -0.463 e. The Labute approximate surface area is 167 Å². The number of ether oxygens (including phenoxy) is 5. The number of esters is 3. The van der Waals surface area contributed by atoms with Gasteiger partial charge in [-0.25, -0.2) is 0 Å². The highest BCUT2D eigenvalue weighted by atomic mass is 16.6. The molecule has 0 unspecified atom stereocenters. The van der Waals surface area contributed by atoms with Crippen molar-refractivity contribution < 1.29 is 42.9 Å². The number of rotatable bonds is 12. The lowest BCUT2D eigenvalue weighted by atomic mass is 10.2. The number of ketones is 1. The molecule has 28 heavy (non-hydrogen) atoms. The minimum absolute atomic E-state index is 0.0995. The maximum Gasteiger partial charge on any atom is 0.308 e. The van der Waals surface area contributed by atoms with E-state index in [1.807, 2.05) is 20.8 Å². The van der Waals surface area contributed by atoms with Gasteiger partial charge in [0.2, 0.25) is 0 Å². The molecule has 164 valence electrons. The summed E-state index contributed by atoms with van der Waals surface area (Å²) in [4.78, 5) is 42.3. The van der Waals surface area contributed by atoms with E-state index in [0.29, 0.717) is 26.2 Å². The Hall–Kier alpha value is -2.00. The first-order valence-corrected chi connectivity index (χ1v) is 9.07. The fourth-order valence-electron chi connectivity index (χ4n) is 1.46. The van der Waals surface area contributed by atoms with E-state index in [1.54, 1.807) is 0 Å². The second-order valence-corrected chi connectivity index (χ2v) is 6.69. The summed E-state index contributed by atoms with van der Waals surface area (Å²) in [5, 5.41) is 0. The summed E-state index contributed by atoms with van der Waals surface area (Å²) in [6.45, 7) is 11.4. The standard InChI is InChI=1S/C11H20O5.C8H14O4/c1-9(12)15-8-7-14-6-5-10(13)16-11(2,3)4;1-7(9)3-4-11-5-6-12-8(2)10/h5-8H2,1-4H3;3-6H2,1-2H3. The van der Waals surface area contributed by atoms with E-state index in [1.165, 1.54) is 20.8 Å². The zero-order valence-electron chi connectivity index (χ0n) is 17.8. The highest BCUT2D eigenvalue weighted by Crippen LogP contribution is 2.07. The van der Waals surface area contributed by atoms with E-state index < -0.39 is 5.60 Å². The van der Waals surface area contributed by atoms with E-state index >= 15 is 0 Å². The van der Waals surface area contributed by atoms with Gasteiger partial charge in [-0.3, -0.25) is 19.2 Å². The summed E-state index contributed by atoms with van der Waals surface area (Å²) in [5.41, 5.74) is -0.463. The molecule has 0 fully saturated rings. The fraction of sp³-hybridized carbons (Fsp3) is 0.789. The van der Waals surface area contributed by atoms with Crippen LogP contribution in [0.4, 0.5) is 0 Å². The van der Waals surface area contributed by atoms with Crippen molar-refractivity contribution in [3.63, 3.8) is 0 Å². The zero-order valence-corrected chi connectivity index (χ0v) is 17.8. The van der Waals surface area contributed by atoms with E-state index in [-0.39, 0.29) is 49.9 Å². The van der Waals surface area contributed by atoms with Crippen LogP contribution in [0, 0.1) is 0 Å². The molecule has 0 aliphatic carbocycles. The number of hydrogen-bond donors (Lipinski definition) is 0. The molecule has 9 nitrogen and oxygen atoms in total. The predicted molar refractivity (Wildman–Crippen MR) is 101 cm³/mol. The number of carbonyl (C=O) groups is 4. The molecule has 0 bridgehead atoms. The maximum absolute atomic E-state index is 11.2. The summed E-state index contributed by atoms with van der Waals surface area (Å²) < 4.78 is 24.4. The Kier molecular flexibility index (Phi) is 17.3. The average Bonchev–Trinajstić information content (AvgIpc) is 2.52. The molecule has 0 radical (unpaired) electrons. The Bertz CT molecular complexity index is 449. The molecule has 0 aromatic rings. The number of carbonyl (C=O) groups excluding carboxylic acids is 4. The van der Waals surface area contributed by atoms with Crippen molar-refractivity contribution in [2.45, 2.75) is 60.0 Å². The van der Waals surface area contributed by atoms with Crippen LogP contribution in [-0.4, -0.2) is 68.9 Å². The summed E-state index contributed by atoms with van der Waals surface area (Å²) in [7, 11) is 0. The molecule has 0 spiro atoms. The van der Waals surface area contributed by atoms with Gasteiger partial charge in [-0.2, -0.15) is 0 Å². The molecule has 9 heteroatoms. The van der Waals surface area contributed by atoms with Gasteiger partial charge < -0.3 is 23.7 Å². The first kappa shape index (κ1) is 28.2. The molecule has 0 amide bonds. The maximum atomic E-state index is 11.2. The van der Waals surface area contributed by atoms with Crippen LogP contribution in [0.2, 0.25) is 0 Å². The largest absolute Gasteiger partial charge is 0.463 e. The highest BCUT2D eigenvalue weighted by Gasteiger charge is 2.15. The van der Waals surface area contributed by atoms with Crippen molar-refractivity contribution >= 4 is 23.7 Å². The van der Waals surface area contributed by atoms with E-state index in [9.17, 15) is 19.2 Å². The highest BCUT2D eigenvalue weighted by molar-refractivity contribution is 5.75. The van der Waals surface area contributed by atoms with Crippen molar-refractivity contribution in [3.8, 4) is 0 Å². The van der Waals surface area contributed by atoms with Crippen LogP contribution in [0.15, 0.2) is 0 Å². The van der Waals surface area contributed by atoms with Crippen molar-refractivity contribution in [2.75, 3.05) is 39.6 Å². The van der Waals surface area contributed by atoms with Gasteiger partial charge in [0.25, 0.3) is 0 Å². The minimum atomic E-state index is -0.463. The van der Waals surface area contributed by atoms with Gasteiger partial charge in [0, 0.05) is 20.3 Å². The lowest BCUT2D eigenvalue weighted by molar-refractivity contribution is -0.156. The van der Waals surface area contributed by atoms with Gasteiger partial charge in [0.05, 0.1) is 32.8 Å². The third-order valence-corrected chi connectivity index (χ3v) is 2.53. The SMILES string of the molecule is CC(=O)CCOCCOC(C)=O.CC(=O)OCCOCCC(=O)OC(C)(C)C. The lowest BCUT2D eigenvalue weighted by Gasteiger charge is -2.19. The number of hydrogen-bond acceptors (Lipinski definition) is 9. The Morgan fingerprint density at radius 3 is 1.43 bits per heavy atom. The summed E-state index contributed by atoms with van der Waals surface area (Å²) >= 11 is 0. The molecule has 0 aromatic heterocycles. The van der Waals surface area contributed by atoms with Gasteiger partial charge in [-0.1, -0.05) is 0 Å². The van der Waals surface area contributed by atoms with E-state index in [4.69, 9.17) is 14.2 Å². The van der Waals surface area contributed by atoms with Gasteiger partial charge in [-0.05, 0) is 27.7 Å². The van der Waals surface area contributed by atoms with Crippen LogP contribution in [-0.2, 0) is 42.9 Å². The quantitative estimate of drug-likeness (QED) is 0.272. The summed E-state index contributed by atoms with van der Waals surface area (Å²) in [6, 6.07) is 0. The average molecular weight is 406 g/mol. The van der Waals surface area contributed by atoms with E-state index in [2.05, 4.69) is 9.47 Å².